The largest absolute Gasteiger partial charge is 0.627 e. The molecule has 1 amide bonds. The molecule has 0 bridgehead atoms. The number of nitrogens with zero attached hydrogens (tertiary/aromatic N) is 1. The first-order valence-corrected chi connectivity index (χ1v) is 10.3. The number of carbonyl (C=O) groups is 1. The van der Waals surface area contributed by atoms with Crippen LogP contribution in [0.3, 0.4) is 0 Å². The van der Waals surface area contributed by atoms with Gasteiger partial charge in [0.15, 0.2) is 0 Å². The van der Waals surface area contributed by atoms with E-state index in [0.717, 1.165) is 16.5 Å². The minimum absolute atomic E-state index is 0.0429. The van der Waals surface area contributed by atoms with Crippen molar-refractivity contribution in [2.24, 2.45) is 5.92 Å². The summed E-state index contributed by atoms with van der Waals surface area (Å²) in [6.07, 6.45) is 0.541. The SMILES string of the molecule is O=C(NC1Cc2ccccc2[N+]([O-])(CC(CO)CO)C1)c1cc2cc(Cl)ccc2[nH]1. The highest BCUT2D eigenvalue weighted by Crippen LogP contribution is 2.33. The van der Waals surface area contributed by atoms with Crippen LogP contribution in [0.1, 0.15) is 16.1 Å². The molecular formula is C22H24ClN3O4. The molecule has 1 aliphatic rings. The van der Waals surface area contributed by atoms with Crippen LogP contribution in [0.2, 0.25) is 5.02 Å². The summed E-state index contributed by atoms with van der Waals surface area (Å²) in [5.74, 6) is -0.817. The Labute approximate surface area is 179 Å². The van der Waals surface area contributed by atoms with Crippen LogP contribution in [-0.4, -0.2) is 53.4 Å². The zero-order chi connectivity index (χ0) is 21.3. The number of amides is 1. The van der Waals surface area contributed by atoms with Crippen LogP contribution in [-0.2, 0) is 6.42 Å². The third kappa shape index (κ3) is 4.08. The number of fused-ring (bicyclic) bond motifs is 2. The molecule has 1 aromatic heterocycles. The summed E-state index contributed by atoms with van der Waals surface area (Å²) >= 11 is 6.02. The molecule has 2 heterocycles. The molecule has 4 rings (SSSR count). The van der Waals surface area contributed by atoms with Gasteiger partial charge >= 0.3 is 0 Å². The molecule has 4 N–H and O–H groups in total. The number of aliphatic hydroxyl groups excluding tert-OH is 2. The molecular weight excluding hydrogens is 406 g/mol. The van der Waals surface area contributed by atoms with Gasteiger partial charge in [-0.2, -0.15) is 0 Å². The molecule has 0 radical (unpaired) electrons. The number of carbonyl (C=O) groups excluding carboxylic acids is 1. The number of nitrogens with one attached hydrogen (secondary N) is 2. The number of hydrogen-bond donors (Lipinski definition) is 4. The number of H-pyrrole nitrogens is 1. The summed E-state index contributed by atoms with van der Waals surface area (Å²) in [6, 6.07) is 14.1. The van der Waals surface area contributed by atoms with Gasteiger partial charge < -0.3 is 30.4 Å². The first-order chi connectivity index (χ1) is 14.4. The van der Waals surface area contributed by atoms with Crippen molar-refractivity contribution in [2.45, 2.75) is 12.5 Å². The number of aromatic amines is 1. The smallest absolute Gasteiger partial charge is 0.268 e. The lowest BCUT2D eigenvalue weighted by Gasteiger charge is -2.49. The van der Waals surface area contributed by atoms with Crippen molar-refractivity contribution in [3.8, 4) is 0 Å². The molecule has 3 aromatic rings. The van der Waals surface area contributed by atoms with E-state index in [1.807, 2.05) is 24.3 Å². The van der Waals surface area contributed by atoms with Crippen LogP contribution in [0.4, 0.5) is 5.69 Å². The molecule has 0 fully saturated rings. The minimum Gasteiger partial charge on any atom is -0.627 e. The molecule has 0 saturated heterocycles. The molecule has 158 valence electrons. The number of halogens is 1. The molecule has 2 atom stereocenters. The summed E-state index contributed by atoms with van der Waals surface area (Å²) in [5, 5.41) is 37.1. The summed E-state index contributed by atoms with van der Waals surface area (Å²) in [7, 11) is 0. The van der Waals surface area contributed by atoms with E-state index >= 15 is 0 Å². The Balaban J connectivity index is 1.57. The fraction of sp³-hybridized carbons (Fsp3) is 0.318. The van der Waals surface area contributed by atoms with E-state index in [0.29, 0.717) is 22.8 Å². The predicted molar refractivity (Wildman–Crippen MR) is 117 cm³/mol. The van der Waals surface area contributed by atoms with E-state index in [4.69, 9.17) is 11.6 Å². The zero-order valence-electron chi connectivity index (χ0n) is 16.3. The predicted octanol–water partition coefficient (Wildman–Crippen LogP) is 2.58. The molecule has 0 spiro atoms. The quantitative estimate of drug-likeness (QED) is 0.356. The Hall–Kier alpha value is -2.42. The average Bonchev–Trinajstić information content (AvgIpc) is 3.15. The van der Waals surface area contributed by atoms with Crippen LogP contribution in [0.5, 0.6) is 0 Å². The highest BCUT2D eigenvalue weighted by atomic mass is 35.5. The normalized spacial score (nSPS) is 21.0. The second-order valence-electron chi connectivity index (χ2n) is 7.90. The number of rotatable bonds is 6. The number of benzene rings is 2. The first kappa shape index (κ1) is 20.8. The minimum atomic E-state index is -0.699. The van der Waals surface area contributed by atoms with E-state index in [9.17, 15) is 20.2 Å². The van der Waals surface area contributed by atoms with E-state index in [1.165, 1.54) is 0 Å². The standard InChI is InChI=1S/C22H24ClN3O4/c23-17-5-6-19-16(7-17)9-20(25-19)22(29)24-18-8-15-3-1-2-4-21(15)26(30,11-18)10-14(12-27)13-28/h1-7,9,14,18,25,27-28H,8,10-13H2,(H,24,29). The Morgan fingerprint density at radius 3 is 2.77 bits per heavy atom. The third-order valence-corrected chi connectivity index (χ3v) is 5.88. The second-order valence-corrected chi connectivity index (χ2v) is 8.34. The van der Waals surface area contributed by atoms with Crippen molar-refractivity contribution < 1.29 is 15.0 Å². The van der Waals surface area contributed by atoms with Gasteiger partial charge in [0.05, 0.1) is 31.7 Å². The zero-order valence-corrected chi connectivity index (χ0v) is 17.1. The Bertz CT molecular complexity index is 1070. The summed E-state index contributed by atoms with van der Waals surface area (Å²) < 4.78 is -0.699. The van der Waals surface area contributed by atoms with E-state index in [2.05, 4.69) is 10.3 Å². The van der Waals surface area contributed by atoms with E-state index in [1.54, 1.807) is 24.3 Å². The number of aliphatic hydroxyl groups is 2. The molecule has 0 saturated carbocycles. The monoisotopic (exact) mass is 429 g/mol. The lowest BCUT2D eigenvalue weighted by atomic mass is 9.95. The molecule has 7 nitrogen and oxygen atoms in total. The van der Waals surface area contributed by atoms with Crippen LogP contribution < -0.4 is 9.96 Å². The van der Waals surface area contributed by atoms with Gasteiger partial charge in [-0.1, -0.05) is 29.8 Å². The maximum atomic E-state index is 13.7. The van der Waals surface area contributed by atoms with Gasteiger partial charge in [-0.15, -0.1) is 0 Å². The van der Waals surface area contributed by atoms with Crippen molar-refractivity contribution in [1.29, 1.82) is 0 Å². The lowest BCUT2D eigenvalue weighted by molar-refractivity contribution is 0.0907. The number of hydrogen-bond acceptors (Lipinski definition) is 4. The van der Waals surface area contributed by atoms with Gasteiger partial charge in [-0.05, 0) is 30.3 Å². The number of quaternary nitrogens is 1. The highest BCUT2D eigenvalue weighted by molar-refractivity contribution is 6.31. The van der Waals surface area contributed by atoms with Crippen molar-refractivity contribution in [1.82, 2.24) is 14.9 Å². The number of para-hydroxylation sites is 1. The van der Waals surface area contributed by atoms with Gasteiger partial charge in [0.2, 0.25) is 0 Å². The van der Waals surface area contributed by atoms with Crippen LogP contribution in [0.15, 0.2) is 48.5 Å². The summed E-state index contributed by atoms with van der Waals surface area (Å²) in [5.41, 5.74) is 2.69. The summed E-state index contributed by atoms with van der Waals surface area (Å²) in [6.45, 7) is -0.363. The van der Waals surface area contributed by atoms with Crippen molar-refractivity contribution in [3.05, 3.63) is 70.0 Å². The topological polar surface area (TPSA) is 108 Å². The highest BCUT2D eigenvalue weighted by Gasteiger charge is 2.36. The Morgan fingerprint density at radius 1 is 1.23 bits per heavy atom. The van der Waals surface area contributed by atoms with Crippen molar-refractivity contribution in [2.75, 3.05) is 26.3 Å². The number of aromatic nitrogens is 1. The van der Waals surface area contributed by atoms with Crippen molar-refractivity contribution in [3.63, 3.8) is 0 Å². The number of hydroxylamine groups is 2. The Morgan fingerprint density at radius 2 is 2.00 bits per heavy atom. The van der Waals surface area contributed by atoms with Crippen LogP contribution in [0, 0.1) is 11.1 Å². The molecule has 2 unspecified atom stereocenters. The molecule has 1 aliphatic heterocycles. The van der Waals surface area contributed by atoms with E-state index < -0.39 is 10.6 Å². The third-order valence-electron chi connectivity index (χ3n) is 5.64. The van der Waals surface area contributed by atoms with Gasteiger partial charge in [-0.25, -0.2) is 0 Å². The Kier molecular flexibility index (Phi) is 5.81. The molecule has 2 aromatic carbocycles. The first-order valence-electron chi connectivity index (χ1n) is 9.89. The van der Waals surface area contributed by atoms with Gasteiger partial charge in [0.1, 0.15) is 17.9 Å². The van der Waals surface area contributed by atoms with Crippen LogP contribution in [0.25, 0.3) is 10.9 Å². The van der Waals surface area contributed by atoms with Gasteiger partial charge in [0, 0.05) is 27.9 Å². The molecule has 30 heavy (non-hydrogen) atoms. The summed E-state index contributed by atoms with van der Waals surface area (Å²) in [4.78, 5) is 15.9. The maximum absolute atomic E-state index is 13.7. The molecule has 8 heteroatoms. The molecule has 0 aliphatic carbocycles. The van der Waals surface area contributed by atoms with Gasteiger partial charge in [-0.3, -0.25) is 4.79 Å². The fourth-order valence-corrected chi connectivity index (χ4v) is 4.39. The van der Waals surface area contributed by atoms with Gasteiger partial charge in [0.25, 0.3) is 5.91 Å². The van der Waals surface area contributed by atoms with Crippen LogP contribution >= 0.6 is 11.6 Å². The van der Waals surface area contributed by atoms with Crippen molar-refractivity contribution >= 4 is 34.1 Å². The second kappa shape index (κ2) is 8.37. The fourth-order valence-electron chi connectivity index (χ4n) is 4.21. The average molecular weight is 430 g/mol. The maximum Gasteiger partial charge on any atom is 0.268 e. The lowest BCUT2D eigenvalue weighted by Crippen LogP contribution is -2.59. The van der Waals surface area contributed by atoms with E-state index in [-0.39, 0.29) is 38.3 Å².